The second-order valence-electron chi connectivity index (χ2n) is 5.05. The molecular formula is C16H14N2S. The van der Waals surface area contributed by atoms with E-state index in [2.05, 4.69) is 52.8 Å². The fourth-order valence-electron chi connectivity index (χ4n) is 2.84. The van der Waals surface area contributed by atoms with E-state index in [1.165, 1.54) is 21.5 Å². The van der Waals surface area contributed by atoms with Gasteiger partial charge in [-0.15, -0.1) is 11.3 Å². The van der Waals surface area contributed by atoms with Crippen LogP contribution in [0, 0.1) is 0 Å². The van der Waals surface area contributed by atoms with Gasteiger partial charge in [-0.1, -0.05) is 24.3 Å². The van der Waals surface area contributed by atoms with E-state index in [4.69, 9.17) is 0 Å². The first-order valence-corrected chi connectivity index (χ1v) is 7.43. The van der Waals surface area contributed by atoms with Crippen LogP contribution in [-0.2, 0) is 12.8 Å². The van der Waals surface area contributed by atoms with Crippen molar-refractivity contribution >= 4 is 27.2 Å². The van der Waals surface area contributed by atoms with Gasteiger partial charge in [0.2, 0.25) is 0 Å². The van der Waals surface area contributed by atoms with Crippen molar-refractivity contribution in [1.82, 2.24) is 4.98 Å². The third-order valence-electron chi connectivity index (χ3n) is 3.75. The first kappa shape index (κ1) is 11.0. The average molecular weight is 266 g/mol. The van der Waals surface area contributed by atoms with Gasteiger partial charge >= 0.3 is 0 Å². The van der Waals surface area contributed by atoms with Crippen LogP contribution in [0.5, 0.6) is 0 Å². The molecule has 1 aliphatic rings. The van der Waals surface area contributed by atoms with Gasteiger partial charge < -0.3 is 5.32 Å². The summed E-state index contributed by atoms with van der Waals surface area (Å²) in [7, 11) is 0. The second-order valence-corrected chi connectivity index (χ2v) is 5.94. The normalized spacial score (nSPS) is 14.7. The standard InChI is InChI=1S/C16H14N2S/c1-2-4-12-8-14(7-11(12)3-1)18-13-5-6-15-16(9-13)19-10-17-15/h1-6,9-10,14,18H,7-8H2. The summed E-state index contributed by atoms with van der Waals surface area (Å²) >= 11 is 1.70. The van der Waals surface area contributed by atoms with Gasteiger partial charge in [0.15, 0.2) is 0 Å². The zero-order valence-corrected chi connectivity index (χ0v) is 11.3. The van der Waals surface area contributed by atoms with Gasteiger partial charge in [0.05, 0.1) is 15.7 Å². The molecule has 1 heterocycles. The Kier molecular flexibility index (Phi) is 2.52. The molecule has 0 aliphatic heterocycles. The maximum atomic E-state index is 4.31. The number of fused-ring (bicyclic) bond motifs is 2. The highest BCUT2D eigenvalue weighted by molar-refractivity contribution is 7.16. The fraction of sp³-hybridized carbons (Fsp3) is 0.188. The molecule has 3 aromatic rings. The van der Waals surface area contributed by atoms with Crippen LogP contribution >= 0.6 is 11.3 Å². The fourth-order valence-corrected chi connectivity index (χ4v) is 3.56. The Morgan fingerprint density at radius 2 is 1.84 bits per heavy atom. The van der Waals surface area contributed by atoms with Crippen molar-refractivity contribution in [1.29, 1.82) is 0 Å². The number of benzene rings is 2. The Bertz CT molecular complexity index is 707. The van der Waals surface area contributed by atoms with E-state index in [-0.39, 0.29) is 0 Å². The first-order valence-electron chi connectivity index (χ1n) is 6.55. The van der Waals surface area contributed by atoms with Crippen LogP contribution in [0.2, 0.25) is 0 Å². The number of aromatic nitrogens is 1. The Hall–Kier alpha value is -1.87. The van der Waals surface area contributed by atoms with E-state index < -0.39 is 0 Å². The van der Waals surface area contributed by atoms with Crippen molar-refractivity contribution in [2.75, 3.05) is 5.32 Å². The third-order valence-corrected chi connectivity index (χ3v) is 4.54. The highest BCUT2D eigenvalue weighted by Gasteiger charge is 2.20. The number of hydrogen-bond acceptors (Lipinski definition) is 3. The number of nitrogens with one attached hydrogen (secondary N) is 1. The molecule has 0 atom stereocenters. The summed E-state index contributed by atoms with van der Waals surface area (Å²) in [5.41, 5.74) is 7.16. The molecule has 0 saturated carbocycles. The number of thiazole rings is 1. The van der Waals surface area contributed by atoms with Crippen molar-refractivity contribution in [2.24, 2.45) is 0 Å². The second kappa shape index (κ2) is 4.35. The van der Waals surface area contributed by atoms with Gasteiger partial charge in [-0.3, -0.25) is 0 Å². The van der Waals surface area contributed by atoms with Gasteiger partial charge in [0.1, 0.15) is 0 Å². The minimum Gasteiger partial charge on any atom is -0.382 e. The van der Waals surface area contributed by atoms with E-state index in [0.717, 1.165) is 18.4 Å². The van der Waals surface area contributed by atoms with Gasteiger partial charge in [-0.05, 0) is 42.2 Å². The molecule has 0 amide bonds. The van der Waals surface area contributed by atoms with Crippen LogP contribution in [0.25, 0.3) is 10.2 Å². The number of rotatable bonds is 2. The SMILES string of the molecule is c1ccc2c(c1)CC(Nc1ccc3ncsc3c1)C2. The molecule has 0 fully saturated rings. The molecule has 19 heavy (non-hydrogen) atoms. The van der Waals surface area contributed by atoms with Crippen molar-refractivity contribution in [2.45, 2.75) is 18.9 Å². The number of anilines is 1. The summed E-state index contributed by atoms with van der Waals surface area (Å²) < 4.78 is 1.25. The smallest absolute Gasteiger partial charge is 0.0813 e. The van der Waals surface area contributed by atoms with Crippen LogP contribution in [0.1, 0.15) is 11.1 Å². The molecule has 2 aromatic carbocycles. The molecule has 0 radical (unpaired) electrons. The van der Waals surface area contributed by atoms with Crippen LogP contribution in [0.15, 0.2) is 48.0 Å². The maximum Gasteiger partial charge on any atom is 0.0813 e. The maximum absolute atomic E-state index is 4.31. The number of hydrogen-bond donors (Lipinski definition) is 1. The van der Waals surface area contributed by atoms with Crippen molar-refractivity contribution in [3.63, 3.8) is 0 Å². The first-order chi connectivity index (χ1) is 9.38. The molecule has 3 heteroatoms. The molecule has 2 nitrogen and oxygen atoms in total. The van der Waals surface area contributed by atoms with Crippen molar-refractivity contribution in [3.05, 3.63) is 59.1 Å². The van der Waals surface area contributed by atoms with Crippen molar-refractivity contribution < 1.29 is 0 Å². The van der Waals surface area contributed by atoms with Crippen molar-refractivity contribution in [3.8, 4) is 0 Å². The number of nitrogens with zero attached hydrogens (tertiary/aromatic N) is 1. The van der Waals surface area contributed by atoms with Crippen LogP contribution in [0.4, 0.5) is 5.69 Å². The van der Waals surface area contributed by atoms with Gasteiger partial charge in [0, 0.05) is 11.7 Å². The lowest BCUT2D eigenvalue weighted by molar-refractivity contribution is 0.774. The molecular weight excluding hydrogens is 252 g/mol. The molecule has 0 spiro atoms. The lowest BCUT2D eigenvalue weighted by Gasteiger charge is -2.13. The van der Waals surface area contributed by atoms with Crippen LogP contribution in [-0.4, -0.2) is 11.0 Å². The molecule has 0 saturated heterocycles. The predicted octanol–water partition coefficient (Wildman–Crippen LogP) is 3.88. The lowest BCUT2D eigenvalue weighted by atomic mass is 10.1. The lowest BCUT2D eigenvalue weighted by Crippen LogP contribution is -2.19. The third kappa shape index (κ3) is 2.00. The quantitative estimate of drug-likeness (QED) is 0.761. The average Bonchev–Trinajstić information content (AvgIpc) is 3.03. The minimum atomic E-state index is 0.516. The van der Waals surface area contributed by atoms with Gasteiger partial charge in [0.25, 0.3) is 0 Å². The largest absolute Gasteiger partial charge is 0.382 e. The molecule has 1 aromatic heterocycles. The van der Waals surface area contributed by atoms with E-state index in [0.29, 0.717) is 6.04 Å². The van der Waals surface area contributed by atoms with Gasteiger partial charge in [-0.2, -0.15) is 0 Å². The predicted molar refractivity (Wildman–Crippen MR) is 80.9 cm³/mol. The van der Waals surface area contributed by atoms with E-state index in [1.807, 2.05) is 5.51 Å². The summed E-state index contributed by atoms with van der Waals surface area (Å²) in [6.45, 7) is 0. The summed E-state index contributed by atoms with van der Waals surface area (Å²) in [6.07, 6.45) is 2.24. The summed E-state index contributed by atoms with van der Waals surface area (Å²) in [6, 6.07) is 15.7. The molecule has 0 bridgehead atoms. The Morgan fingerprint density at radius 3 is 2.63 bits per heavy atom. The Balaban J connectivity index is 1.56. The summed E-state index contributed by atoms with van der Waals surface area (Å²) in [4.78, 5) is 4.31. The molecule has 1 aliphatic carbocycles. The van der Waals surface area contributed by atoms with Crippen LogP contribution in [0.3, 0.4) is 0 Å². The molecule has 4 rings (SSSR count). The van der Waals surface area contributed by atoms with Crippen LogP contribution < -0.4 is 5.32 Å². The minimum absolute atomic E-state index is 0.516. The van der Waals surface area contributed by atoms with E-state index in [1.54, 1.807) is 11.3 Å². The topological polar surface area (TPSA) is 24.9 Å². The van der Waals surface area contributed by atoms with E-state index >= 15 is 0 Å². The highest BCUT2D eigenvalue weighted by Crippen LogP contribution is 2.26. The summed E-state index contributed by atoms with van der Waals surface area (Å²) in [5.74, 6) is 0. The molecule has 1 N–H and O–H groups in total. The zero-order chi connectivity index (χ0) is 12.7. The zero-order valence-electron chi connectivity index (χ0n) is 10.5. The summed E-state index contributed by atoms with van der Waals surface area (Å²) in [5, 5.41) is 3.65. The molecule has 94 valence electrons. The highest BCUT2D eigenvalue weighted by atomic mass is 32.1. The monoisotopic (exact) mass is 266 g/mol. The Morgan fingerprint density at radius 1 is 1.05 bits per heavy atom. The molecule has 0 unspecified atom stereocenters. The van der Waals surface area contributed by atoms with Gasteiger partial charge in [-0.25, -0.2) is 4.98 Å². The Labute approximate surface area is 116 Å². The van der Waals surface area contributed by atoms with E-state index in [9.17, 15) is 0 Å².